The first-order valence-electron chi connectivity index (χ1n) is 2.46. The number of rotatable bonds is 0. The fraction of sp³-hybridized carbons (Fsp3) is 0.143. The third kappa shape index (κ3) is 1.51. The molecule has 1 rings (SSSR count). The maximum absolute atomic E-state index is 5.68. The summed E-state index contributed by atoms with van der Waals surface area (Å²) in [6, 6.07) is 7.12. The fourth-order valence-electron chi connectivity index (χ4n) is 0.469. The van der Waals surface area contributed by atoms with Gasteiger partial charge in [-0.15, -0.1) is 0 Å². The van der Waals surface area contributed by atoms with Gasteiger partial charge in [0.2, 0.25) is 0 Å². The van der Waals surface area contributed by atoms with Crippen LogP contribution in [0, 0.1) is 19.1 Å². The third-order valence-electron chi connectivity index (χ3n) is 0.981. The summed E-state index contributed by atoms with van der Waals surface area (Å²) in [7, 11) is 0. The largest absolute Gasteiger partial charge is 0.0922 e. The lowest BCUT2D eigenvalue weighted by atomic mass is 10.3. The Bertz CT molecular complexity index is 218. The second kappa shape index (κ2) is 2.47. The molecule has 2 heteroatoms. The molecule has 0 saturated carbocycles. The Morgan fingerprint density at radius 1 is 1.33 bits per heavy atom. The smallest absolute Gasteiger partial charge is 0.0833 e. The number of hydrogen-bond donors (Lipinski definition) is 0. The molecule has 0 aliphatic rings. The van der Waals surface area contributed by atoms with Crippen LogP contribution < -0.4 is 0 Å². The first kappa shape index (κ1) is 6.74. The maximum Gasteiger partial charge on any atom is 0.0922 e. The van der Waals surface area contributed by atoms with E-state index >= 15 is 0 Å². The molecule has 0 nitrogen and oxygen atoms in total. The SMILES string of the molecule is Cc1c#cc(Cl)cc1Cl. The molecule has 0 heterocycles. The van der Waals surface area contributed by atoms with Gasteiger partial charge in [0, 0.05) is 5.56 Å². The average Bonchev–Trinajstić information content (AvgIpc) is 1.80. The summed E-state index contributed by atoms with van der Waals surface area (Å²) in [6.07, 6.45) is 0. The number of halogens is 2. The van der Waals surface area contributed by atoms with Crippen LogP contribution in [-0.2, 0) is 0 Å². The highest BCUT2D eigenvalue weighted by Crippen LogP contribution is 2.15. The van der Waals surface area contributed by atoms with E-state index in [0.29, 0.717) is 10.0 Å². The van der Waals surface area contributed by atoms with Gasteiger partial charge in [-0.3, -0.25) is 0 Å². The van der Waals surface area contributed by atoms with Gasteiger partial charge in [0.25, 0.3) is 0 Å². The zero-order valence-electron chi connectivity index (χ0n) is 4.83. The zero-order valence-corrected chi connectivity index (χ0v) is 6.35. The van der Waals surface area contributed by atoms with Crippen molar-refractivity contribution in [2.75, 3.05) is 0 Å². The van der Waals surface area contributed by atoms with Gasteiger partial charge in [-0.2, -0.15) is 0 Å². The van der Waals surface area contributed by atoms with Gasteiger partial charge in [-0.25, -0.2) is 0 Å². The van der Waals surface area contributed by atoms with Gasteiger partial charge in [0.05, 0.1) is 10.0 Å². The molecular formula is C7H4Cl2. The van der Waals surface area contributed by atoms with E-state index in [4.69, 9.17) is 23.2 Å². The highest BCUT2D eigenvalue weighted by atomic mass is 35.5. The van der Waals surface area contributed by atoms with E-state index in [1.807, 2.05) is 6.92 Å². The molecule has 9 heavy (non-hydrogen) atoms. The first-order chi connectivity index (χ1) is 4.20. The van der Waals surface area contributed by atoms with Crippen LogP contribution >= 0.6 is 23.2 Å². The van der Waals surface area contributed by atoms with Crippen LogP contribution in [0.2, 0.25) is 10.0 Å². The molecule has 0 aliphatic heterocycles. The lowest BCUT2D eigenvalue weighted by Crippen LogP contribution is -1.68. The lowest BCUT2D eigenvalue weighted by molar-refractivity contribution is 1.49. The van der Waals surface area contributed by atoms with Crippen molar-refractivity contribution in [3.05, 3.63) is 33.8 Å². The Balaban J connectivity index is 3.17. The van der Waals surface area contributed by atoms with Crippen molar-refractivity contribution in [2.24, 2.45) is 0 Å². The van der Waals surface area contributed by atoms with Crippen LogP contribution in [0.15, 0.2) is 6.07 Å². The summed E-state index contributed by atoms with van der Waals surface area (Å²) in [4.78, 5) is 0. The Labute approximate surface area is 64.4 Å². The lowest BCUT2D eigenvalue weighted by Gasteiger charge is -1.88. The second-order valence-corrected chi connectivity index (χ2v) is 2.53. The maximum atomic E-state index is 5.68. The summed E-state index contributed by atoms with van der Waals surface area (Å²) in [5.41, 5.74) is 0.876. The first-order valence-corrected chi connectivity index (χ1v) is 3.21. The predicted molar refractivity (Wildman–Crippen MR) is 38.9 cm³/mol. The van der Waals surface area contributed by atoms with E-state index in [9.17, 15) is 0 Å². The third-order valence-corrected chi connectivity index (χ3v) is 1.58. The normalized spacial score (nSPS) is 8.78. The van der Waals surface area contributed by atoms with Gasteiger partial charge >= 0.3 is 0 Å². The van der Waals surface area contributed by atoms with Gasteiger partial charge in [0.1, 0.15) is 0 Å². The summed E-state index contributed by atoms with van der Waals surface area (Å²) in [6.45, 7) is 1.86. The van der Waals surface area contributed by atoms with Crippen molar-refractivity contribution in [1.29, 1.82) is 0 Å². The van der Waals surface area contributed by atoms with Crippen molar-refractivity contribution in [1.82, 2.24) is 0 Å². The van der Waals surface area contributed by atoms with Gasteiger partial charge in [0.15, 0.2) is 0 Å². The number of hydrogen-bond acceptors (Lipinski definition) is 0. The molecule has 0 aliphatic carbocycles. The monoisotopic (exact) mass is 158 g/mol. The average molecular weight is 159 g/mol. The topological polar surface area (TPSA) is 0 Å². The standard InChI is InChI=1S/C7H4Cl2/c1-5-2-3-6(8)4-7(5)9/h4H,1H3. The van der Waals surface area contributed by atoms with E-state index in [2.05, 4.69) is 12.1 Å². The molecule has 46 valence electrons. The molecule has 0 N–H and O–H groups in total. The summed E-state index contributed by atoms with van der Waals surface area (Å²) >= 11 is 11.2. The molecule has 0 saturated heterocycles. The van der Waals surface area contributed by atoms with Crippen LogP contribution in [0.4, 0.5) is 0 Å². The highest BCUT2D eigenvalue weighted by molar-refractivity contribution is 6.34. The zero-order chi connectivity index (χ0) is 6.85. The van der Waals surface area contributed by atoms with Gasteiger partial charge in [-0.05, 0) is 19.1 Å². The van der Waals surface area contributed by atoms with Gasteiger partial charge < -0.3 is 0 Å². The van der Waals surface area contributed by atoms with Crippen LogP contribution in [0.5, 0.6) is 0 Å². The molecule has 1 aromatic rings. The van der Waals surface area contributed by atoms with E-state index in [1.165, 1.54) is 0 Å². The van der Waals surface area contributed by atoms with Crippen LogP contribution in [-0.4, -0.2) is 0 Å². The molecule has 0 bridgehead atoms. The Morgan fingerprint density at radius 3 is 2.44 bits per heavy atom. The molecule has 0 fully saturated rings. The van der Waals surface area contributed by atoms with Crippen LogP contribution in [0.3, 0.4) is 0 Å². The van der Waals surface area contributed by atoms with Crippen molar-refractivity contribution in [2.45, 2.75) is 6.92 Å². The molecule has 1 aromatic carbocycles. The van der Waals surface area contributed by atoms with Crippen molar-refractivity contribution in [3.8, 4) is 0 Å². The van der Waals surface area contributed by atoms with E-state index < -0.39 is 0 Å². The molecule has 0 unspecified atom stereocenters. The minimum atomic E-state index is 0.505. The fourth-order valence-corrected chi connectivity index (χ4v) is 0.837. The minimum Gasteiger partial charge on any atom is -0.0833 e. The molecule has 0 spiro atoms. The summed E-state index contributed by atoms with van der Waals surface area (Å²) < 4.78 is 0. The Kier molecular flexibility index (Phi) is 1.85. The van der Waals surface area contributed by atoms with Crippen molar-refractivity contribution >= 4 is 23.2 Å². The van der Waals surface area contributed by atoms with Crippen molar-refractivity contribution in [3.63, 3.8) is 0 Å². The summed E-state index contributed by atoms with van der Waals surface area (Å²) in [5, 5.41) is 1.14. The van der Waals surface area contributed by atoms with E-state index in [0.717, 1.165) is 5.56 Å². The summed E-state index contributed by atoms with van der Waals surface area (Å²) in [5.74, 6) is 0. The van der Waals surface area contributed by atoms with Gasteiger partial charge in [-0.1, -0.05) is 29.3 Å². The van der Waals surface area contributed by atoms with Crippen LogP contribution in [0.1, 0.15) is 5.56 Å². The van der Waals surface area contributed by atoms with Crippen molar-refractivity contribution < 1.29 is 0 Å². The molecule has 0 atom stereocenters. The molecular weight excluding hydrogens is 155 g/mol. The molecule has 0 amide bonds. The highest BCUT2D eigenvalue weighted by Gasteiger charge is 1.91. The molecule has 0 aromatic heterocycles. The molecule has 0 radical (unpaired) electrons. The Morgan fingerprint density at radius 2 is 2.00 bits per heavy atom. The van der Waals surface area contributed by atoms with E-state index in [-0.39, 0.29) is 0 Å². The predicted octanol–water partition coefficient (Wildman–Crippen LogP) is 2.90. The van der Waals surface area contributed by atoms with Crippen LogP contribution in [0.25, 0.3) is 0 Å². The van der Waals surface area contributed by atoms with E-state index in [1.54, 1.807) is 6.07 Å². The Hall–Kier alpha value is -0.380. The minimum absolute atomic E-state index is 0.505. The quantitative estimate of drug-likeness (QED) is 0.545. The second-order valence-electron chi connectivity index (χ2n) is 1.72.